The van der Waals surface area contributed by atoms with E-state index in [-0.39, 0.29) is 18.5 Å². The molecule has 0 radical (unpaired) electrons. The molecule has 0 aliphatic rings. The second-order valence-electron chi connectivity index (χ2n) is 4.55. The second kappa shape index (κ2) is 6.59. The quantitative estimate of drug-likeness (QED) is 0.703. The maximum atomic E-state index is 11.8. The smallest absolute Gasteiger partial charge is 0.323 e. The standard InChI is InChI=1S/C12H24N2O3/c1-6-12(7-2,11(16)17)13-8-10(15)14(5)9(3)4/h9,13H,6-8H2,1-5H3,(H,16,17). The molecule has 0 aliphatic heterocycles. The van der Waals surface area contributed by atoms with Crippen molar-refractivity contribution in [2.24, 2.45) is 0 Å². The van der Waals surface area contributed by atoms with Gasteiger partial charge in [0.05, 0.1) is 6.54 Å². The van der Waals surface area contributed by atoms with Gasteiger partial charge in [-0.1, -0.05) is 13.8 Å². The first-order valence-electron chi connectivity index (χ1n) is 6.04. The van der Waals surface area contributed by atoms with Crippen molar-refractivity contribution in [3.8, 4) is 0 Å². The number of hydrogen-bond donors (Lipinski definition) is 2. The average molecular weight is 244 g/mol. The molecule has 5 heteroatoms. The predicted molar refractivity (Wildman–Crippen MR) is 66.9 cm³/mol. The molecule has 0 heterocycles. The number of carboxylic acids is 1. The minimum Gasteiger partial charge on any atom is -0.480 e. The normalized spacial score (nSPS) is 11.6. The molecule has 100 valence electrons. The number of nitrogens with one attached hydrogen (secondary N) is 1. The van der Waals surface area contributed by atoms with Crippen LogP contribution in [0.3, 0.4) is 0 Å². The second-order valence-corrected chi connectivity index (χ2v) is 4.55. The van der Waals surface area contributed by atoms with Crippen LogP contribution in [0.2, 0.25) is 0 Å². The largest absolute Gasteiger partial charge is 0.480 e. The Hall–Kier alpha value is -1.10. The molecule has 0 aromatic carbocycles. The van der Waals surface area contributed by atoms with E-state index in [1.54, 1.807) is 25.8 Å². The summed E-state index contributed by atoms with van der Waals surface area (Å²) in [6, 6.07) is 0.117. The van der Waals surface area contributed by atoms with Gasteiger partial charge in [0.2, 0.25) is 5.91 Å². The Morgan fingerprint density at radius 3 is 2.06 bits per heavy atom. The summed E-state index contributed by atoms with van der Waals surface area (Å²) < 4.78 is 0. The molecule has 0 aromatic rings. The van der Waals surface area contributed by atoms with Gasteiger partial charge in [-0.05, 0) is 26.7 Å². The minimum atomic E-state index is -0.993. The highest BCUT2D eigenvalue weighted by Gasteiger charge is 2.34. The zero-order chi connectivity index (χ0) is 13.6. The van der Waals surface area contributed by atoms with Crippen LogP contribution in [0.4, 0.5) is 0 Å². The number of carboxylic acid groups (broad SMARTS) is 1. The third-order valence-electron chi connectivity index (χ3n) is 3.36. The molecule has 0 unspecified atom stereocenters. The van der Waals surface area contributed by atoms with Gasteiger partial charge in [-0.3, -0.25) is 14.9 Å². The van der Waals surface area contributed by atoms with Crippen molar-refractivity contribution in [1.29, 1.82) is 0 Å². The number of amides is 1. The van der Waals surface area contributed by atoms with Crippen LogP contribution in [0.15, 0.2) is 0 Å². The van der Waals surface area contributed by atoms with E-state index in [2.05, 4.69) is 5.32 Å². The van der Waals surface area contributed by atoms with Crippen molar-refractivity contribution in [3.63, 3.8) is 0 Å². The average Bonchev–Trinajstić information content (AvgIpc) is 2.29. The number of aliphatic carboxylic acids is 1. The molecule has 0 aromatic heterocycles. The SMILES string of the molecule is CCC(CC)(NCC(=O)N(C)C(C)C)C(=O)O. The van der Waals surface area contributed by atoms with Crippen molar-refractivity contribution in [2.45, 2.75) is 52.1 Å². The van der Waals surface area contributed by atoms with E-state index < -0.39 is 11.5 Å². The van der Waals surface area contributed by atoms with Crippen LogP contribution < -0.4 is 5.32 Å². The highest BCUT2D eigenvalue weighted by molar-refractivity contribution is 5.82. The summed E-state index contributed by atoms with van der Waals surface area (Å²) in [5.74, 6) is -0.991. The van der Waals surface area contributed by atoms with Crippen molar-refractivity contribution in [3.05, 3.63) is 0 Å². The lowest BCUT2D eigenvalue weighted by molar-refractivity contribution is -0.145. The molecule has 0 saturated heterocycles. The highest BCUT2D eigenvalue weighted by atomic mass is 16.4. The highest BCUT2D eigenvalue weighted by Crippen LogP contribution is 2.15. The van der Waals surface area contributed by atoms with Gasteiger partial charge in [-0.2, -0.15) is 0 Å². The van der Waals surface area contributed by atoms with Crippen LogP contribution in [-0.2, 0) is 9.59 Å². The van der Waals surface area contributed by atoms with Crippen molar-refractivity contribution in [1.82, 2.24) is 10.2 Å². The Morgan fingerprint density at radius 1 is 1.29 bits per heavy atom. The first kappa shape index (κ1) is 15.9. The van der Waals surface area contributed by atoms with Gasteiger partial charge in [0.1, 0.15) is 5.54 Å². The molecule has 17 heavy (non-hydrogen) atoms. The Balaban J connectivity index is 4.52. The van der Waals surface area contributed by atoms with E-state index in [0.29, 0.717) is 12.8 Å². The van der Waals surface area contributed by atoms with Gasteiger partial charge in [0, 0.05) is 13.1 Å². The van der Waals surface area contributed by atoms with Crippen molar-refractivity contribution in [2.75, 3.05) is 13.6 Å². The summed E-state index contributed by atoms with van der Waals surface area (Å²) in [7, 11) is 1.72. The van der Waals surface area contributed by atoms with Crippen molar-refractivity contribution >= 4 is 11.9 Å². The maximum absolute atomic E-state index is 11.8. The van der Waals surface area contributed by atoms with E-state index in [1.807, 2.05) is 13.8 Å². The van der Waals surface area contributed by atoms with Crippen LogP contribution >= 0.6 is 0 Å². The maximum Gasteiger partial charge on any atom is 0.323 e. The Kier molecular flexibility index (Phi) is 6.16. The first-order valence-corrected chi connectivity index (χ1v) is 6.04. The third kappa shape index (κ3) is 4.00. The Morgan fingerprint density at radius 2 is 1.76 bits per heavy atom. The molecular formula is C12H24N2O3. The Labute approximate surface area is 103 Å². The van der Waals surface area contributed by atoms with Crippen LogP contribution in [0.1, 0.15) is 40.5 Å². The number of hydrogen-bond acceptors (Lipinski definition) is 3. The minimum absolute atomic E-state index is 0.0582. The fraction of sp³-hybridized carbons (Fsp3) is 0.833. The van der Waals surface area contributed by atoms with E-state index in [4.69, 9.17) is 0 Å². The lowest BCUT2D eigenvalue weighted by Crippen LogP contribution is -2.54. The van der Waals surface area contributed by atoms with E-state index in [9.17, 15) is 14.7 Å². The monoisotopic (exact) mass is 244 g/mol. The molecule has 1 amide bonds. The molecule has 0 rings (SSSR count). The van der Waals surface area contributed by atoms with Gasteiger partial charge in [0.15, 0.2) is 0 Å². The summed E-state index contributed by atoms with van der Waals surface area (Å²) >= 11 is 0. The molecule has 0 spiro atoms. The lowest BCUT2D eigenvalue weighted by Gasteiger charge is -2.29. The zero-order valence-electron chi connectivity index (χ0n) is 11.4. The topological polar surface area (TPSA) is 69.6 Å². The molecule has 2 N–H and O–H groups in total. The number of nitrogens with zero attached hydrogens (tertiary/aromatic N) is 1. The summed E-state index contributed by atoms with van der Waals surface area (Å²) in [6.45, 7) is 7.51. The molecule has 0 saturated carbocycles. The molecule has 5 nitrogen and oxygen atoms in total. The van der Waals surface area contributed by atoms with Crippen LogP contribution in [0, 0.1) is 0 Å². The van der Waals surface area contributed by atoms with Gasteiger partial charge in [-0.25, -0.2) is 0 Å². The van der Waals surface area contributed by atoms with E-state index in [1.165, 1.54) is 0 Å². The number of carbonyl (C=O) groups excluding carboxylic acids is 1. The summed E-state index contributed by atoms with van der Waals surface area (Å²) in [4.78, 5) is 24.6. The van der Waals surface area contributed by atoms with Gasteiger partial charge < -0.3 is 10.0 Å². The van der Waals surface area contributed by atoms with Gasteiger partial charge in [-0.15, -0.1) is 0 Å². The Bertz CT molecular complexity index is 273. The van der Waals surface area contributed by atoms with Gasteiger partial charge in [0.25, 0.3) is 0 Å². The number of likely N-dealkylation sites (N-methyl/N-ethyl adjacent to an activating group) is 1. The van der Waals surface area contributed by atoms with Crippen LogP contribution in [0.25, 0.3) is 0 Å². The zero-order valence-corrected chi connectivity index (χ0v) is 11.4. The lowest BCUT2D eigenvalue weighted by atomic mass is 9.93. The number of rotatable bonds is 7. The summed E-state index contributed by atoms with van der Waals surface area (Å²) in [6.07, 6.45) is 0.912. The molecule has 0 bridgehead atoms. The van der Waals surface area contributed by atoms with E-state index >= 15 is 0 Å². The first-order chi connectivity index (χ1) is 7.80. The molecule has 0 fully saturated rings. The fourth-order valence-electron chi connectivity index (χ4n) is 1.54. The van der Waals surface area contributed by atoms with Crippen LogP contribution in [-0.4, -0.2) is 47.1 Å². The molecule has 0 aliphatic carbocycles. The third-order valence-corrected chi connectivity index (χ3v) is 3.36. The van der Waals surface area contributed by atoms with Crippen LogP contribution in [0.5, 0.6) is 0 Å². The van der Waals surface area contributed by atoms with Crippen molar-refractivity contribution < 1.29 is 14.7 Å². The van der Waals surface area contributed by atoms with E-state index in [0.717, 1.165) is 0 Å². The summed E-state index contributed by atoms with van der Waals surface area (Å²) in [5.41, 5.74) is -0.993. The van der Waals surface area contributed by atoms with Gasteiger partial charge >= 0.3 is 5.97 Å². The fourth-order valence-corrected chi connectivity index (χ4v) is 1.54. The number of carbonyl (C=O) groups is 2. The molecular weight excluding hydrogens is 220 g/mol. The summed E-state index contributed by atoms with van der Waals surface area (Å²) in [5, 5.41) is 12.1. The molecule has 0 atom stereocenters. The predicted octanol–water partition coefficient (Wildman–Crippen LogP) is 1.09.